The van der Waals surface area contributed by atoms with Crippen LogP contribution in [0.4, 0.5) is 0 Å². The number of rotatable bonds is 8. The number of ether oxygens (including phenoxy) is 3. The Labute approximate surface area is 308 Å². The number of hydrogen-bond acceptors (Lipinski definition) is 8. The van der Waals surface area contributed by atoms with E-state index in [4.69, 9.17) is 40.6 Å². The fourth-order valence-electron chi connectivity index (χ4n) is 9.21. The van der Waals surface area contributed by atoms with Gasteiger partial charge in [-0.25, -0.2) is 9.78 Å². The molecule has 2 aromatic heterocycles. The van der Waals surface area contributed by atoms with Gasteiger partial charge >= 0.3 is 5.97 Å². The molecule has 52 heavy (non-hydrogen) atoms. The summed E-state index contributed by atoms with van der Waals surface area (Å²) >= 11 is 6.49. The molecule has 0 radical (unpaired) electrons. The van der Waals surface area contributed by atoms with Crippen LogP contribution < -0.4 is 10.7 Å². The van der Waals surface area contributed by atoms with Crippen molar-refractivity contribution in [3.8, 4) is 0 Å². The Morgan fingerprint density at radius 1 is 1.08 bits per heavy atom. The van der Waals surface area contributed by atoms with E-state index in [1.54, 1.807) is 0 Å². The lowest BCUT2D eigenvalue weighted by atomic mass is 9.58. The van der Waals surface area contributed by atoms with E-state index in [2.05, 4.69) is 47.8 Å². The zero-order chi connectivity index (χ0) is 36.6. The zero-order valence-corrected chi connectivity index (χ0v) is 31.5. The Morgan fingerprint density at radius 2 is 1.88 bits per heavy atom. The van der Waals surface area contributed by atoms with Crippen molar-refractivity contribution in [2.24, 2.45) is 41.1 Å². The first-order valence-electron chi connectivity index (χ1n) is 18.6. The summed E-state index contributed by atoms with van der Waals surface area (Å²) in [6, 6.07) is 14.1. The van der Waals surface area contributed by atoms with Crippen molar-refractivity contribution in [2.75, 3.05) is 13.1 Å². The molecule has 11 nitrogen and oxygen atoms in total. The van der Waals surface area contributed by atoms with Crippen LogP contribution in [-0.4, -0.2) is 58.5 Å². The van der Waals surface area contributed by atoms with Crippen molar-refractivity contribution in [3.05, 3.63) is 52.8 Å². The van der Waals surface area contributed by atoms with E-state index >= 15 is 0 Å². The standard InChI is InChI=1S/C40H49ClN4O7/c1-22-11-13-28-23(2)36(49-37-40(28)27(22)17-18-39(5,50-37)51-52-40)48-32(47)16-15-31(46)42-20-38(3,4)21-43-34-26-19-24(41)12-14-30(26)45(6)35-33(34)25-9-7-8-10-29(25)44-35/h7-10,12,14,19,22-23,27-28,36-37,44H,11,13,15-18,20-21H2,1-6H3,(H,42,46)/t22-,23-,27+,28+,36+,37-,39-,40-/m1/s1. The average Bonchev–Trinajstić information content (AvgIpc) is 3.35. The summed E-state index contributed by atoms with van der Waals surface area (Å²) in [5, 5.41) is 7.61. The molecule has 4 aromatic rings. The van der Waals surface area contributed by atoms with Gasteiger partial charge in [-0.2, -0.15) is 0 Å². The van der Waals surface area contributed by atoms with Gasteiger partial charge in [0.15, 0.2) is 11.9 Å². The molecule has 6 heterocycles. The second-order valence-electron chi connectivity index (χ2n) is 16.5. The predicted octanol–water partition coefficient (Wildman–Crippen LogP) is 7.04. The third-order valence-corrected chi connectivity index (χ3v) is 12.4. The van der Waals surface area contributed by atoms with Gasteiger partial charge in [-0.15, -0.1) is 0 Å². The number of aromatic nitrogens is 2. The number of nitrogens with zero attached hydrogens (tertiary/aromatic N) is 2. The van der Waals surface area contributed by atoms with Crippen LogP contribution in [0.15, 0.2) is 47.5 Å². The molecule has 8 atom stereocenters. The molecule has 4 saturated heterocycles. The van der Waals surface area contributed by atoms with Crippen molar-refractivity contribution in [2.45, 2.75) is 97.1 Å². The predicted molar refractivity (Wildman–Crippen MR) is 197 cm³/mol. The van der Waals surface area contributed by atoms with Crippen molar-refractivity contribution in [1.29, 1.82) is 0 Å². The monoisotopic (exact) mass is 732 g/mol. The third-order valence-electron chi connectivity index (χ3n) is 12.2. The van der Waals surface area contributed by atoms with Crippen molar-refractivity contribution >= 4 is 56.3 Å². The van der Waals surface area contributed by atoms with Crippen LogP contribution in [0.2, 0.25) is 5.02 Å². The molecular formula is C40H49ClN4O7. The van der Waals surface area contributed by atoms with Gasteiger partial charge < -0.3 is 29.1 Å². The molecule has 9 rings (SSSR count). The van der Waals surface area contributed by atoms with E-state index in [-0.39, 0.29) is 41.9 Å². The Kier molecular flexibility index (Phi) is 8.97. The lowest BCUT2D eigenvalue weighted by Gasteiger charge is -2.59. The number of amides is 1. The Balaban J connectivity index is 0.915. The van der Waals surface area contributed by atoms with Crippen LogP contribution in [-0.2, 0) is 40.6 Å². The van der Waals surface area contributed by atoms with Crippen LogP contribution in [0.3, 0.4) is 0 Å². The number of H-pyrrole nitrogens is 1. The second-order valence-corrected chi connectivity index (χ2v) is 16.9. The largest absolute Gasteiger partial charge is 0.435 e. The van der Waals surface area contributed by atoms with Gasteiger partial charge in [0.2, 0.25) is 18.0 Å². The lowest BCUT2D eigenvalue weighted by molar-refractivity contribution is -0.576. The first-order valence-corrected chi connectivity index (χ1v) is 19.0. The summed E-state index contributed by atoms with van der Waals surface area (Å²) in [7, 11) is 2.04. The highest BCUT2D eigenvalue weighted by Crippen LogP contribution is 2.60. The SMILES string of the molecule is C[C@H]1[C@@H](OC(=O)CCC(=O)NCC(C)(C)CN=c2c3cc(Cl)ccc3n(C)c3[nH]c4ccccc4c23)O[C@@H]2O[C@@]3(C)CC[C@H]4[C@H](C)CC[C@@H]1[C@@]24OO3. The summed E-state index contributed by atoms with van der Waals surface area (Å²) < 4.78 is 20.8. The summed E-state index contributed by atoms with van der Waals surface area (Å²) in [6.45, 7) is 11.1. The number of pyridine rings is 1. The Bertz CT molecular complexity index is 2130. The minimum Gasteiger partial charge on any atom is -0.435 e. The third kappa shape index (κ3) is 6.02. The molecule has 2 N–H and O–H groups in total. The summed E-state index contributed by atoms with van der Waals surface area (Å²) in [4.78, 5) is 47.0. The maximum Gasteiger partial charge on any atom is 0.308 e. The normalized spacial score (nSPS) is 31.9. The van der Waals surface area contributed by atoms with E-state index < -0.39 is 29.9 Å². The zero-order valence-electron chi connectivity index (χ0n) is 30.8. The number of aromatic amines is 1. The highest BCUT2D eigenvalue weighted by Gasteiger charge is 2.69. The second kappa shape index (κ2) is 13.1. The molecule has 4 aliphatic heterocycles. The van der Waals surface area contributed by atoms with Crippen LogP contribution in [0.1, 0.15) is 73.1 Å². The molecule has 1 amide bonds. The molecule has 5 fully saturated rings. The van der Waals surface area contributed by atoms with Crippen LogP contribution in [0.5, 0.6) is 0 Å². The number of fused-ring (bicyclic) bond motifs is 6. The number of nitrogens with one attached hydrogen (secondary N) is 2. The number of esters is 1. The molecule has 0 unspecified atom stereocenters. The first kappa shape index (κ1) is 35.5. The molecule has 12 heteroatoms. The molecule has 2 aromatic carbocycles. The molecule has 278 valence electrons. The van der Waals surface area contributed by atoms with Crippen LogP contribution in [0.25, 0.3) is 32.8 Å². The molecule has 2 bridgehead atoms. The topological polar surface area (TPSA) is 125 Å². The van der Waals surface area contributed by atoms with E-state index in [0.717, 1.165) is 57.5 Å². The summed E-state index contributed by atoms with van der Waals surface area (Å²) in [5.74, 6) is -1.03. The number of carbonyl (C=O) groups is 2. The van der Waals surface area contributed by atoms with Crippen molar-refractivity contribution in [1.82, 2.24) is 14.9 Å². The highest BCUT2D eigenvalue weighted by molar-refractivity contribution is 6.31. The van der Waals surface area contributed by atoms with Crippen LogP contribution >= 0.6 is 11.6 Å². The van der Waals surface area contributed by atoms with Gasteiger partial charge in [-0.1, -0.05) is 57.5 Å². The van der Waals surface area contributed by atoms with E-state index in [9.17, 15) is 9.59 Å². The molecule has 1 saturated carbocycles. The van der Waals surface area contributed by atoms with Gasteiger partial charge in [0, 0.05) is 71.5 Å². The number of benzene rings is 2. The average molecular weight is 733 g/mol. The minimum absolute atomic E-state index is 0.00332. The van der Waals surface area contributed by atoms with Gasteiger partial charge in [0.1, 0.15) is 5.65 Å². The fraction of sp³-hybridized carbons (Fsp3) is 0.575. The molecular weight excluding hydrogens is 684 g/mol. The molecule has 5 aliphatic rings. The fourth-order valence-corrected chi connectivity index (χ4v) is 9.39. The quantitative estimate of drug-likeness (QED) is 0.147. The lowest BCUT2D eigenvalue weighted by Crippen LogP contribution is -2.70. The van der Waals surface area contributed by atoms with Gasteiger partial charge in [0.25, 0.3) is 0 Å². The number of carbonyl (C=O) groups excluding carboxylic acids is 2. The van der Waals surface area contributed by atoms with E-state index in [1.165, 1.54) is 0 Å². The molecule has 1 aliphatic carbocycles. The number of halogens is 1. The van der Waals surface area contributed by atoms with E-state index in [0.29, 0.717) is 30.5 Å². The smallest absolute Gasteiger partial charge is 0.308 e. The van der Waals surface area contributed by atoms with Gasteiger partial charge in [0.05, 0.1) is 22.7 Å². The Morgan fingerprint density at radius 3 is 2.71 bits per heavy atom. The number of aryl methyl sites for hydroxylation is 1. The highest BCUT2D eigenvalue weighted by atomic mass is 35.5. The maximum atomic E-state index is 13.1. The van der Waals surface area contributed by atoms with Gasteiger partial charge in [-0.05, 0) is 62.3 Å². The van der Waals surface area contributed by atoms with E-state index in [1.807, 2.05) is 51.2 Å². The first-order chi connectivity index (χ1) is 24.8. The Hall–Kier alpha value is -3.48. The summed E-state index contributed by atoms with van der Waals surface area (Å²) in [6.07, 6.45) is 2.04. The number of hydrogen-bond donors (Lipinski definition) is 2. The maximum absolute atomic E-state index is 13.1. The van der Waals surface area contributed by atoms with Gasteiger partial charge in [-0.3, -0.25) is 14.6 Å². The van der Waals surface area contributed by atoms with Crippen LogP contribution in [0, 0.1) is 29.1 Å². The minimum atomic E-state index is -0.908. The van der Waals surface area contributed by atoms with Crippen molar-refractivity contribution < 1.29 is 33.6 Å². The number of para-hydroxylation sites is 1. The molecule has 1 spiro atoms. The summed E-state index contributed by atoms with van der Waals surface area (Å²) in [5.41, 5.74) is 1.91. The van der Waals surface area contributed by atoms with Crippen molar-refractivity contribution in [3.63, 3.8) is 0 Å².